The summed E-state index contributed by atoms with van der Waals surface area (Å²) < 4.78 is 0. The molecule has 0 bridgehead atoms. The summed E-state index contributed by atoms with van der Waals surface area (Å²) in [5.74, 6) is 0.498. The highest BCUT2D eigenvalue weighted by molar-refractivity contribution is 5.67. The normalized spacial score (nSPS) is 38.3. The lowest BCUT2D eigenvalue weighted by Crippen LogP contribution is -2.45. The summed E-state index contributed by atoms with van der Waals surface area (Å²) in [5, 5.41) is 29.3. The number of benzene rings is 1. The highest BCUT2D eigenvalue weighted by atomic mass is 16.7. The third-order valence-electron chi connectivity index (χ3n) is 7.16. The molecule has 3 aliphatic carbocycles. The molecule has 1 aromatic rings. The summed E-state index contributed by atoms with van der Waals surface area (Å²) in [6.07, 6.45) is 4.55. The number of hydroxylamine groups is 1. The zero-order chi connectivity index (χ0) is 18.5. The number of nitrogens with one attached hydrogen (secondary N) is 1. The van der Waals surface area contributed by atoms with Crippen LogP contribution in [0.25, 0.3) is 0 Å². The smallest absolute Gasteiger partial charge is 0.331 e. The van der Waals surface area contributed by atoms with Gasteiger partial charge in [0.25, 0.3) is 0 Å². The first-order valence-electron chi connectivity index (χ1n) is 9.50. The number of carboxylic acid groups (broad SMARTS) is 1. The van der Waals surface area contributed by atoms with Gasteiger partial charge in [0, 0.05) is 0 Å². The minimum absolute atomic E-state index is 0.0257. The Balaban J connectivity index is 1.65. The van der Waals surface area contributed by atoms with Gasteiger partial charge in [0.15, 0.2) is 6.61 Å². The van der Waals surface area contributed by atoms with E-state index in [-0.39, 0.29) is 23.3 Å². The van der Waals surface area contributed by atoms with E-state index in [1.54, 1.807) is 12.1 Å². The molecule has 0 aliphatic heterocycles. The standard InChI is InChI=1S/C20H27NO5/c1-20-7-6-13-12-3-2-11(22)8-15(12)17(21-26-10-19(24)25)9-14(13)16(20)4-5-18(20)23/h2-3,8,13-14,16-18,21-23H,4-7,9-10H2,1H3,(H,24,25)/t13-,14-,16+,17+,18+,20+/m1/s1. The number of aromatic hydroxyl groups is 1. The van der Waals surface area contributed by atoms with Gasteiger partial charge >= 0.3 is 5.97 Å². The number of phenolic OH excluding ortho intramolecular Hbond substituents is 1. The Kier molecular flexibility index (Phi) is 4.45. The van der Waals surface area contributed by atoms with E-state index in [9.17, 15) is 15.0 Å². The van der Waals surface area contributed by atoms with E-state index in [4.69, 9.17) is 9.94 Å². The minimum atomic E-state index is -1.02. The second kappa shape index (κ2) is 6.51. The topological polar surface area (TPSA) is 99.0 Å². The molecule has 0 aromatic heterocycles. The molecule has 0 unspecified atom stereocenters. The molecular weight excluding hydrogens is 334 g/mol. The predicted octanol–water partition coefficient (Wildman–Crippen LogP) is 2.71. The third kappa shape index (κ3) is 2.80. The molecule has 0 saturated heterocycles. The van der Waals surface area contributed by atoms with E-state index in [2.05, 4.69) is 12.4 Å². The average Bonchev–Trinajstić information content (AvgIpc) is 2.90. The zero-order valence-corrected chi connectivity index (χ0v) is 15.0. The molecule has 6 heteroatoms. The number of rotatable bonds is 4. The Morgan fingerprint density at radius 2 is 2.12 bits per heavy atom. The van der Waals surface area contributed by atoms with Crippen molar-refractivity contribution in [2.45, 2.75) is 57.1 Å². The molecule has 0 radical (unpaired) electrons. The Morgan fingerprint density at radius 3 is 2.88 bits per heavy atom. The quantitative estimate of drug-likeness (QED) is 0.616. The fourth-order valence-electron chi connectivity index (χ4n) is 5.89. The molecule has 6 nitrogen and oxygen atoms in total. The van der Waals surface area contributed by atoms with Crippen molar-refractivity contribution in [2.24, 2.45) is 17.3 Å². The number of hydrogen-bond acceptors (Lipinski definition) is 5. The van der Waals surface area contributed by atoms with Crippen LogP contribution in [0.3, 0.4) is 0 Å². The van der Waals surface area contributed by atoms with E-state index in [0.29, 0.717) is 17.8 Å². The number of aliphatic hydroxyl groups excluding tert-OH is 1. The van der Waals surface area contributed by atoms with Crippen molar-refractivity contribution < 1.29 is 25.0 Å². The van der Waals surface area contributed by atoms with E-state index < -0.39 is 12.6 Å². The maximum absolute atomic E-state index is 10.8. The number of aliphatic carboxylic acids is 1. The van der Waals surface area contributed by atoms with Crippen molar-refractivity contribution >= 4 is 5.97 Å². The van der Waals surface area contributed by atoms with E-state index in [0.717, 1.165) is 37.7 Å². The molecule has 6 atom stereocenters. The number of fused-ring (bicyclic) bond motifs is 5. The summed E-state index contributed by atoms with van der Waals surface area (Å²) in [4.78, 5) is 16.0. The van der Waals surface area contributed by atoms with Gasteiger partial charge in [-0.05, 0) is 78.5 Å². The van der Waals surface area contributed by atoms with Crippen molar-refractivity contribution in [1.29, 1.82) is 0 Å². The highest BCUT2D eigenvalue weighted by Crippen LogP contribution is 2.62. The molecular formula is C20H27NO5. The fraction of sp³-hybridized carbons (Fsp3) is 0.650. The van der Waals surface area contributed by atoms with Crippen LogP contribution >= 0.6 is 0 Å². The van der Waals surface area contributed by atoms with Gasteiger partial charge in [-0.3, -0.25) is 4.84 Å². The number of carboxylic acids is 1. The van der Waals surface area contributed by atoms with Gasteiger partial charge in [-0.25, -0.2) is 4.79 Å². The molecule has 0 amide bonds. The third-order valence-corrected chi connectivity index (χ3v) is 7.16. The lowest BCUT2D eigenvalue weighted by Gasteiger charge is -2.51. The molecule has 4 N–H and O–H groups in total. The molecule has 142 valence electrons. The predicted molar refractivity (Wildman–Crippen MR) is 94.5 cm³/mol. The monoisotopic (exact) mass is 361 g/mol. The van der Waals surface area contributed by atoms with Crippen LogP contribution < -0.4 is 5.48 Å². The van der Waals surface area contributed by atoms with Gasteiger partial charge in [-0.15, -0.1) is 0 Å². The summed E-state index contributed by atoms with van der Waals surface area (Å²) in [6, 6.07) is 5.34. The van der Waals surface area contributed by atoms with Crippen molar-refractivity contribution in [1.82, 2.24) is 5.48 Å². The molecule has 3 aliphatic rings. The van der Waals surface area contributed by atoms with Crippen molar-refractivity contribution in [2.75, 3.05) is 6.61 Å². The summed E-state index contributed by atoms with van der Waals surface area (Å²) in [7, 11) is 0. The lowest BCUT2D eigenvalue weighted by molar-refractivity contribution is -0.146. The first-order valence-corrected chi connectivity index (χ1v) is 9.50. The Hall–Kier alpha value is -1.63. The Labute approximate surface area is 153 Å². The lowest BCUT2D eigenvalue weighted by atomic mass is 9.55. The Bertz CT molecular complexity index is 707. The first kappa shape index (κ1) is 17.8. The fourth-order valence-corrected chi connectivity index (χ4v) is 5.89. The van der Waals surface area contributed by atoms with Crippen LogP contribution in [0.15, 0.2) is 18.2 Å². The number of carbonyl (C=O) groups is 1. The van der Waals surface area contributed by atoms with Crippen LogP contribution in [0.5, 0.6) is 5.75 Å². The van der Waals surface area contributed by atoms with Gasteiger partial charge in [0.05, 0.1) is 12.1 Å². The van der Waals surface area contributed by atoms with Crippen LogP contribution in [0.2, 0.25) is 0 Å². The molecule has 2 fully saturated rings. The molecule has 1 aromatic carbocycles. The van der Waals surface area contributed by atoms with Crippen molar-refractivity contribution in [3.05, 3.63) is 29.3 Å². The van der Waals surface area contributed by atoms with E-state index >= 15 is 0 Å². The van der Waals surface area contributed by atoms with E-state index in [1.807, 2.05) is 6.07 Å². The summed E-state index contributed by atoms with van der Waals surface area (Å²) in [6.45, 7) is 1.82. The molecule has 0 spiro atoms. The number of aliphatic hydroxyl groups is 1. The van der Waals surface area contributed by atoms with Crippen molar-refractivity contribution in [3.63, 3.8) is 0 Å². The SMILES string of the molecule is C[C@]12CC[C@@H]3c4ccc(O)cc4[C@@H](NOCC(=O)O)C[C@H]3[C@@H]1CC[C@@H]2O. The molecule has 4 rings (SSSR count). The summed E-state index contributed by atoms with van der Waals surface area (Å²) >= 11 is 0. The van der Waals surface area contributed by atoms with Gasteiger partial charge in [0.2, 0.25) is 0 Å². The second-order valence-electron chi connectivity index (χ2n) is 8.42. The van der Waals surface area contributed by atoms with Gasteiger partial charge in [-0.1, -0.05) is 13.0 Å². The van der Waals surface area contributed by atoms with Crippen molar-refractivity contribution in [3.8, 4) is 5.75 Å². The Morgan fingerprint density at radius 1 is 1.31 bits per heavy atom. The minimum Gasteiger partial charge on any atom is -0.508 e. The van der Waals surface area contributed by atoms with Gasteiger partial charge in [-0.2, -0.15) is 5.48 Å². The largest absolute Gasteiger partial charge is 0.508 e. The summed E-state index contributed by atoms with van der Waals surface area (Å²) in [5.41, 5.74) is 5.11. The van der Waals surface area contributed by atoms with Gasteiger partial charge < -0.3 is 15.3 Å². The highest BCUT2D eigenvalue weighted by Gasteiger charge is 2.55. The molecule has 26 heavy (non-hydrogen) atoms. The van der Waals surface area contributed by atoms with Crippen LogP contribution in [-0.2, 0) is 9.63 Å². The molecule has 2 saturated carbocycles. The van der Waals surface area contributed by atoms with Crippen LogP contribution in [0.1, 0.15) is 62.1 Å². The maximum Gasteiger partial charge on any atom is 0.331 e. The van der Waals surface area contributed by atoms with Crippen LogP contribution in [-0.4, -0.2) is 34.0 Å². The van der Waals surface area contributed by atoms with Crippen LogP contribution in [0, 0.1) is 17.3 Å². The van der Waals surface area contributed by atoms with Gasteiger partial charge in [0.1, 0.15) is 5.75 Å². The average molecular weight is 361 g/mol. The van der Waals surface area contributed by atoms with Crippen LogP contribution in [0.4, 0.5) is 0 Å². The maximum atomic E-state index is 10.8. The number of phenols is 1. The van der Waals surface area contributed by atoms with E-state index in [1.165, 1.54) is 5.56 Å². The molecule has 0 heterocycles. The number of hydrogen-bond donors (Lipinski definition) is 4. The zero-order valence-electron chi connectivity index (χ0n) is 15.0. The second-order valence-corrected chi connectivity index (χ2v) is 8.42. The first-order chi connectivity index (χ1) is 12.4.